The first-order chi connectivity index (χ1) is 19.7. The fourth-order valence-corrected chi connectivity index (χ4v) is 5.50. The monoisotopic (exact) mass is 590 g/mol. The zero-order chi connectivity index (χ0) is 29.4. The van der Waals surface area contributed by atoms with Crippen LogP contribution in [0.1, 0.15) is 22.8 Å². The lowest BCUT2D eigenvalue weighted by Crippen LogP contribution is -2.39. The number of methoxy groups -OCH3 is 1. The van der Waals surface area contributed by atoms with Gasteiger partial charge in [0.1, 0.15) is 12.3 Å². The van der Waals surface area contributed by atoms with Gasteiger partial charge in [0.15, 0.2) is 0 Å². The number of ether oxygens (including phenoxy) is 1. The Hall–Kier alpha value is -4.67. The summed E-state index contributed by atoms with van der Waals surface area (Å²) in [5, 5.41) is 7.15. The van der Waals surface area contributed by atoms with Gasteiger partial charge in [-0.05, 0) is 67.1 Å². The number of anilines is 2. The highest BCUT2D eigenvalue weighted by atomic mass is 35.5. The fourth-order valence-electron chi connectivity index (χ4n) is 3.81. The molecule has 0 atom stereocenters. The van der Waals surface area contributed by atoms with Crippen LogP contribution in [0.5, 0.6) is 5.75 Å². The molecule has 4 aromatic carbocycles. The maximum absolute atomic E-state index is 13.5. The number of hydrazone groups is 1. The lowest BCUT2D eigenvalue weighted by Gasteiger charge is -2.24. The summed E-state index contributed by atoms with van der Waals surface area (Å²) >= 11 is 6.25. The van der Waals surface area contributed by atoms with Crippen molar-refractivity contribution in [3.8, 4) is 5.75 Å². The molecule has 0 aliphatic rings. The predicted octanol–water partition coefficient (Wildman–Crippen LogP) is 5.34. The zero-order valence-corrected chi connectivity index (χ0v) is 23.8. The Morgan fingerprint density at radius 3 is 2.12 bits per heavy atom. The van der Waals surface area contributed by atoms with Gasteiger partial charge in [-0.1, -0.05) is 60.1 Å². The Balaban J connectivity index is 1.48. The Bertz CT molecular complexity index is 1660. The number of hydrogen-bond donors (Lipinski definition) is 2. The van der Waals surface area contributed by atoms with Crippen molar-refractivity contribution < 1.29 is 22.7 Å². The second kappa shape index (κ2) is 13.1. The minimum atomic E-state index is -4.12. The summed E-state index contributed by atoms with van der Waals surface area (Å²) in [6.45, 7) is 1.14. The molecule has 2 N–H and O–H groups in total. The van der Waals surface area contributed by atoms with Gasteiger partial charge in [0, 0.05) is 11.3 Å². The standard InChI is InChI=1S/C30H27ClN4O5S/c1-21(22-13-15-24(16-14-22)32-30(37)23-9-5-3-6-10-23)33-34-29(36)20-35(25-17-18-28(40-2)27(31)19-25)41(38,39)26-11-7-4-8-12-26/h3-19H,20H2,1-2H3,(H,32,37)(H,34,36)/b33-21-. The van der Waals surface area contributed by atoms with Gasteiger partial charge in [-0.15, -0.1) is 0 Å². The first-order valence-electron chi connectivity index (χ1n) is 12.4. The number of amides is 2. The number of carbonyl (C=O) groups is 2. The topological polar surface area (TPSA) is 117 Å². The smallest absolute Gasteiger partial charge is 0.264 e. The second-order valence-corrected chi connectivity index (χ2v) is 11.0. The molecule has 0 heterocycles. The third-order valence-electron chi connectivity index (χ3n) is 5.99. The highest BCUT2D eigenvalue weighted by Gasteiger charge is 2.27. The van der Waals surface area contributed by atoms with Crippen LogP contribution < -0.4 is 19.8 Å². The van der Waals surface area contributed by atoms with E-state index in [-0.39, 0.29) is 21.5 Å². The molecule has 0 bridgehead atoms. The Morgan fingerprint density at radius 1 is 0.878 bits per heavy atom. The van der Waals surface area contributed by atoms with Crippen LogP contribution in [0.4, 0.5) is 11.4 Å². The molecule has 9 nitrogen and oxygen atoms in total. The van der Waals surface area contributed by atoms with Crippen LogP contribution in [0.2, 0.25) is 5.02 Å². The number of nitrogens with zero attached hydrogens (tertiary/aromatic N) is 2. The van der Waals surface area contributed by atoms with Crippen molar-refractivity contribution in [2.75, 3.05) is 23.3 Å². The fraction of sp³-hybridized carbons (Fsp3) is 0.100. The van der Waals surface area contributed by atoms with Crippen molar-refractivity contribution in [2.24, 2.45) is 5.10 Å². The van der Waals surface area contributed by atoms with E-state index in [1.165, 1.54) is 37.4 Å². The predicted molar refractivity (Wildman–Crippen MR) is 160 cm³/mol. The number of halogens is 1. The third kappa shape index (κ3) is 7.30. The molecule has 0 spiro atoms. The summed E-state index contributed by atoms with van der Waals surface area (Å²) in [5.74, 6) is -0.533. The SMILES string of the molecule is COc1ccc(N(CC(=O)N/N=C(/C)c2ccc(NC(=O)c3ccccc3)cc2)S(=O)(=O)c2ccccc2)cc1Cl. The number of benzene rings is 4. The number of hydrogen-bond acceptors (Lipinski definition) is 6. The molecule has 0 radical (unpaired) electrons. The van der Waals surface area contributed by atoms with Crippen LogP contribution in [0, 0.1) is 0 Å². The third-order valence-corrected chi connectivity index (χ3v) is 8.07. The van der Waals surface area contributed by atoms with E-state index in [4.69, 9.17) is 16.3 Å². The largest absolute Gasteiger partial charge is 0.495 e. The van der Waals surface area contributed by atoms with E-state index in [1.54, 1.807) is 73.7 Å². The minimum absolute atomic E-state index is 0.0128. The lowest BCUT2D eigenvalue weighted by atomic mass is 10.1. The van der Waals surface area contributed by atoms with Gasteiger partial charge >= 0.3 is 0 Å². The molecule has 0 aromatic heterocycles. The van der Waals surface area contributed by atoms with E-state index in [0.717, 1.165) is 4.31 Å². The number of carbonyl (C=O) groups excluding carboxylic acids is 2. The number of nitrogens with one attached hydrogen (secondary N) is 2. The Labute approximate surface area is 243 Å². The van der Waals surface area contributed by atoms with Gasteiger partial charge in [-0.25, -0.2) is 13.8 Å². The van der Waals surface area contributed by atoms with E-state index < -0.39 is 22.5 Å². The molecular weight excluding hydrogens is 564 g/mol. The van der Waals surface area contributed by atoms with Crippen molar-refractivity contribution in [2.45, 2.75) is 11.8 Å². The van der Waals surface area contributed by atoms with Gasteiger partial charge < -0.3 is 10.1 Å². The van der Waals surface area contributed by atoms with Gasteiger partial charge in [0.25, 0.3) is 21.8 Å². The summed E-state index contributed by atoms with van der Waals surface area (Å²) in [5.41, 5.74) is 4.91. The quantitative estimate of drug-likeness (QED) is 0.191. The van der Waals surface area contributed by atoms with E-state index >= 15 is 0 Å². The molecule has 0 fully saturated rings. The van der Waals surface area contributed by atoms with Crippen LogP contribution in [0.25, 0.3) is 0 Å². The lowest BCUT2D eigenvalue weighted by molar-refractivity contribution is -0.119. The first kappa shape index (κ1) is 29.3. The average molecular weight is 591 g/mol. The molecule has 0 aliphatic heterocycles. The maximum Gasteiger partial charge on any atom is 0.264 e. The van der Waals surface area contributed by atoms with Crippen LogP contribution in [-0.2, 0) is 14.8 Å². The molecule has 0 saturated heterocycles. The summed E-state index contributed by atoms with van der Waals surface area (Å²) in [4.78, 5) is 25.3. The van der Waals surface area contributed by atoms with Crippen LogP contribution in [-0.4, -0.2) is 39.6 Å². The molecule has 0 saturated carbocycles. The minimum Gasteiger partial charge on any atom is -0.495 e. The molecule has 11 heteroatoms. The average Bonchev–Trinajstić information content (AvgIpc) is 2.99. The van der Waals surface area contributed by atoms with Crippen molar-refractivity contribution in [1.29, 1.82) is 0 Å². The molecule has 210 valence electrons. The van der Waals surface area contributed by atoms with E-state index in [1.807, 2.05) is 6.07 Å². The highest BCUT2D eigenvalue weighted by molar-refractivity contribution is 7.92. The zero-order valence-electron chi connectivity index (χ0n) is 22.2. The van der Waals surface area contributed by atoms with E-state index in [2.05, 4.69) is 15.8 Å². The maximum atomic E-state index is 13.5. The van der Waals surface area contributed by atoms with Crippen LogP contribution >= 0.6 is 11.6 Å². The molecule has 4 rings (SSSR count). The molecule has 4 aromatic rings. The van der Waals surface area contributed by atoms with Crippen molar-refractivity contribution >= 4 is 50.5 Å². The van der Waals surface area contributed by atoms with Gasteiger partial charge in [-0.2, -0.15) is 5.10 Å². The summed E-state index contributed by atoms with van der Waals surface area (Å²) in [7, 11) is -2.68. The molecule has 0 unspecified atom stereocenters. The number of sulfonamides is 1. The molecule has 2 amide bonds. The highest BCUT2D eigenvalue weighted by Crippen LogP contribution is 2.31. The molecular formula is C30H27ClN4O5S. The summed E-state index contributed by atoms with van der Waals surface area (Å²) < 4.78 is 33.1. The molecule has 0 aliphatic carbocycles. The Morgan fingerprint density at radius 2 is 1.51 bits per heavy atom. The van der Waals surface area contributed by atoms with Crippen molar-refractivity contribution in [1.82, 2.24) is 5.43 Å². The van der Waals surface area contributed by atoms with Crippen LogP contribution in [0.3, 0.4) is 0 Å². The Kier molecular flexibility index (Phi) is 9.38. The second-order valence-electron chi connectivity index (χ2n) is 8.77. The van der Waals surface area contributed by atoms with Gasteiger partial charge in [0.05, 0.1) is 28.4 Å². The van der Waals surface area contributed by atoms with Crippen molar-refractivity contribution in [3.63, 3.8) is 0 Å². The summed E-state index contributed by atoms with van der Waals surface area (Å²) in [6, 6.07) is 28.0. The van der Waals surface area contributed by atoms with Gasteiger partial charge in [-0.3, -0.25) is 13.9 Å². The van der Waals surface area contributed by atoms with E-state index in [0.29, 0.717) is 28.3 Å². The van der Waals surface area contributed by atoms with E-state index in [9.17, 15) is 18.0 Å². The van der Waals surface area contributed by atoms with Gasteiger partial charge in [0.2, 0.25) is 0 Å². The summed E-state index contributed by atoms with van der Waals surface area (Å²) in [6.07, 6.45) is 0. The normalized spacial score (nSPS) is 11.4. The van der Waals surface area contributed by atoms with Crippen molar-refractivity contribution in [3.05, 3.63) is 119 Å². The van der Waals surface area contributed by atoms with Crippen LogP contribution in [0.15, 0.2) is 113 Å². The molecule has 41 heavy (non-hydrogen) atoms. The number of rotatable bonds is 10. The first-order valence-corrected chi connectivity index (χ1v) is 14.2.